The second kappa shape index (κ2) is 13.0. The van der Waals surface area contributed by atoms with Gasteiger partial charge in [0.1, 0.15) is 24.9 Å². The number of hydrogen-bond acceptors (Lipinski definition) is 8. The molecule has 0 spiro atoms. The molecular weight excluding hydrogens is 514 g/mol. The Morgan fingerprint density at radius 2 is 1.79 bits per heavy atom. The second-order valence-electron chi connectivity index (χ2n) is 9.71. The highest BCUT2D eigenvalue weighted by Gasteiger charge is 2.47. The zero-order chi connectivity index (χ0) is 27.9. The zero-order valence-electron chi connectivity index (χ0n) is 22.8. The Kier molecular flexibility index (Phi) is 9.51. The van der Waals surface area contributed by atoms with E-state index in [0.29, 0.717) is 41.4 Å². The summed E-state index contributed by atoms with van der Waals surface area (Å²) in [6, 6.07) is 17.3. The molecule has 0 aromatic heterocycles. The maximum absolute atomic E-state index is 13.9. The van der Waals surface area contributed by atoms with Gasteiger partial charge in [-0.25, -0.2) is 4.79 Å². The van der Waals surface area contributed by atoms with Crippen LogP contribution in [0.15, 0.2) is 77.1 Å². The van der Waals surface area contributed by atoms with Gasteiger partial charge in [0, 0.05) is 28.6 Å². The Labute approximate surface area is 234 Å². The van der Waals surface area contributed by atoms with E-state index in [1.807, 2.05) is 68.4 Å². The van der Waals surface area contributed by atoms with Gasteiger partial charge in [0.25, 0.3) is 0 Å². The molecule has 0 saturated heterocycles. The number of thioether (sulfide) groups is 1. The summed E-state index contributed by atoms with van der Waals surface area (Å²) in [5.41, 5.74) is 3.97. The Bertz CT molecular complexity index is 1270. The molecule has 8 heteroatoms. The largest absolute Gasteiger partial charge is 0.489 e. The van der Waals surface area contributed by atoms with Crippen molar-refractivity contribution in [3.05, 3.63) is 88.3 Å². The summed E-state index contributed by atoms with van der Waals surface area (Å²) in [5.74, 6) is -0.910. The van der Waals surface area contributed by atoms with E-state index in [2.05, 4.69) is 12.2 Å². The lowest BCUT2D eigenvalue weighted by Gasteiger charge is -2.38. The third-order valence-corrected chi connectivity index (χ3v) is 7.95. The summed E-state index contributed by atoms with van der Waals surface area (Å²) in [4.78, 5) is 39.9. The number of Topliss-reactive ketones (excluding diaryl/α,β-unsaturated/α-hetero) is 1. The van der Waals surface area contributed by atoms with Crippen molar-refractivity contribution in [1.82, 2.24) is 5.32 Å². The molecule has 0 bridgehead atoms. The number of rotatable bonds is 10. The van der Waals surface area contributed by atoms with Gasteiger partial charge in [-0.1, -0.05) is 56.3 Å². The minimum Gasteiger partial charge on any atom is -0.489 e. The van der Waals surface area contributed by atoms with E-state index in [4.69, 9.17) is 14.2 Å². The summed E-state index contributed by atoms with van der Waals surface area (Å²) in [6.07, 6.45) is 0.489. The molecule has 1 N–H and O–H groups in total. The minimum atomic E-state index is -0.928. The fraction of sp³-hybridized carbons (Fsp3) is 0.387. The molecule has 0 radical (unpaired) electrons. The maximum Gasteiger partial charge on any atom is 0.336 e. The van der Waals surface area contributed by atoms with Crippen LogP contribution in [0.1, 0.15) is 44.2 Å². The summed E-state index contributed by atoms with van der Waals surface area (Å²) in [7, 11) is 1.29. The smallest absolute Gasteiger partial charge is 0.336 e. The molecule has 0 amide bonds. The molecule has 3 atom stereocenters. The first-order chi connectivity index (χ1) is 18.8. The maximum atomic E-state index is 13.9. The molecule has 206 valence electrons. The van der Waals surface area contributed by atoms with Gasteiger partial charge in [-0.2, -0.15) is 11.8 Å². The van der Waals surface area contributed by atoms with Crippen LogP contribution < -0.4 is 10.1 Å². The molecule has 2 aromatic carbocycles. The second-order valence-corrected chi connectivity index (χ2v) is 11.1. The Morgan fingerprint density at radius 3 is 2.46 bits per heavy atom. The van der Waals surface area contributed by atoms with Crippen LogP contribution in [0.2, 0.25) is 0 Å². The van der Waals surface area contributed by atoms with Crippen molar-refractivity contribution < 1.29 is 28.6 Å². The van der Waals surface area contributed by atoms with Crippen molar-refractivity contribution in [3.8, 4) is 5.75 Å². The van der Waals surface area contributed by atoms with Crippen LogP contribution in [0, 0.1) is 11.8 Å². The summed E-state index contributed by atoms with van der Waals surface area (Å²) in [6.45, 7) is 6.44. The number of hydrogen-bond donors (Lipinski definition) is 1. The molecule has 2 aliphatic rings. The van der Waals surface area contributed by atoms with E-state index >= 15 is 0 Å². The Hall–Kier alpha value is -3.52. The van der Waals surface area contributed by atoms with Crippen LogP contribution >= 0.6 is 11.8 Å². The van der Waals surface area contributed by atoms with Crippen molar-refractivity contribution >= 4 is 29.5 Å². The lowest BCUT2D eigenvalue weighted by Crippen LogP contribution is -2.43. The first-order valence-electron chi connectivity index (χ1n) is 13.2. The number of nitrogens with one attached hydrogen (secondary N) is 1. The highest BCUT2D eigenvalue weighted by Crippen LogP contribution is 2.45. The minimum absolute atomic E-state index is 0.238. The number of dihydropyridines is 1. The standard InChI is InChI=1S/C31H35NO6S/c1-5-39-16-15-37-31(35)26-20(3)32-24-17-19(2)25(30(34)36-4)29(33)28(24)27(26)22-11-13-23(14-12-22)38-18-21-9-7-6-8-10-21/h6-14,19,25,27,32H,5,15-18H2,1-4H3/t19-,25+,27+/m0/s1. The van der Waals surface area contributed by atoms with Gasteiger partial charge < -0.3 is 19.5 Å². The van der Waals surface area contributed by atoms with E-state index in [1.54, 1.807) is 11.8 Å². The SMILES string of the molecule is CCSCCOC(=O)C1=C(C)NC2=C(C(=O)[C@H](C(=O)OC)[C@@H](C)C2)[C@@H]1c1ccc(OCc2ccccc2)cc1. The van der Waals surface area contributed by atoms with Gasteiger partial charge in [0.05, 0.1) is 12.7 Å². The molecule has 1 heterocycles. The molecule has 0 fully saturated rings. The van der Waals surface area contributed by atoms with Crippen LogP contribution in [-0.4, -0.2) is 42.9 Å². The predicted molar refractivity (Wildman–Crippen MR) is 151 cm³/mol. The average molecular weight is 550 g/mol. The third kappa shape index (κ3) is 6.38. The van der Waals surface area contributed by atoms with Gasteiger partial charge in [0.2, 0.25) is 0 Å². The number of carbonyl (C=O) groups excluding carboxylic acids is 3. The van der Waals surface area contributed by atoms with E-state index < -0.39 is 23.8 Å². The van der Waals surface area contributed by atoms with Gasteiger partial charge in [-0.15, -0.1) is 0 Å². The number of ketones is 1. The molecule has 0 saturated carbocycles. The molecular formula is C31H35NO6S. The number of benzene rings is 2. The lowest BCUT2D eigenvalue weighted by molar-refractivity contribution is -0.151. The Balaban J connectivity index is 1.68. The molecule has 4 rings (SSSR count). The summed E-state index contributed by atoms with van der Waals surface area (Å²) < 4.78 is 16.6. The van der Waals surface area contributed by atoms with Gasteiger partial charge in [-0.05, 0) is 48.3 Å². The fourth-order valence-electron chi connectivity index (χ4n) is 5.20. The number of methoxy groups -OCH3 is 1. The summed E-state index contributed by atoms with van der Waals surface area (Å²) in [5, 5.41) is 3.29. The van der Waals surface area contributed by atoms with Crippen LogP contribution in [-0.2, 0) is 30.5 Å². The molecule has 2 aromatic rings. The Morgan fingerprint density at radius 1 is 1.08 bits per heavy atom. The van der Waals surface area contributed by atoms with E-state index in [0.717, 1.165) is 22.6 Å². The van der Waals surface area contributed by atoms with Crippen LogP contribution in [0.5, 0.6) is 5.75 Å². The predicted octanol–water partition coefficient (Wildman–Crippen LogP) is 5.17. The quantitative estimate of drug-likeness (QED) is 0.247. The van der Waals surface area contributed by atoms with Gasteiger partial charge in [-0.3, -0.25) is 9.59 Å². The van der Waals surface area contributed by atoms with Gasteiger partial charge >= 0.3 is 11.9 Å². The van der Waals surface area contributed by atoms with Crippen molar-refractivity contribution in [3.63, 3.8) is 0 Å². The topological polar surface area (TPSA) is 90.9 Å². The third-order valence-electron chi connectivity index (χ3n) is 7.09. The monoisotopic (exact) mass is 549 g/mol. The first kappa shape index (κ1) is 28.5. The van der Waals surface area contributed by atoms with Crippen molar-refractivity contribution in [2.24, 2.45) is 11.8 Å². The molecule has 1 aliphatic heterocycles. The van der Waals surface area contributed by atoms with Crippen LogP contribution in [0.3, 0.4) is 0 Å². The molecule has 39 heavy (non-hydrogen) atoms. The first-order valence-corrected chi connectivity index (χ1v) is 14.4. The fourth-order valence-corrected chi connectivity index (χ4v) is 5.69. The molecule has 0 unspecified atom stereocenters. The average Bonchev–Trinajstić information content (AvgIpc) is 2.94. The number of allylic oxidation sites excluding steroid dienone is 3. The number of esters is 2. The molecule has 1 aliphatic carbocycles. The van der Waals surface area contributed by atoms with E-state index in [9.17, 15) is 14.4 Å². The zero-order valence-corrected chi connectivity index (χ0v) is 23.6. The van der Waals surface area contributed by atoms with Crippen LogP contribution in [0.4, 0.5) is 0 Å². The summed E-state index contributed by atoms with van der Waals surface area (Å²) >= 11 is 1.69. The van der Waals surface area contributed by atoms with Gasteiger partial charge in [0.15, 0.2) is 5.78 Å². The van der Waals surface area contributed by atoms with Crippen molar-refractivity contribution in [2.45, 2.75) is 39.7 Å². The van der Waals surface area contributed by atoms with Crippen molar-refractivity contribution in [1.29, 1.82) is 0 Å². The highest BCUT2D eigenvalue weighted by molar-refractivity contribution is 7.99. The van der Waals surface area contributed by atoms with Crippen molar-refractivity contribution in [2.75, 3.05) is 25.2 Å². The number of carbonyl (C=O) groups is 3. The van der Waals surface area contributed by atoms with E-state index in [1.165, 1.54) is 7.11 Å². The molecule has 7 nitrogen and oxygen atoms in total. The van der Waals surface area contributed by atoms with E-state index in [-0.39, 0.29) is 18.3 Å². The highest BCUT2D eigenvalue weighted by atomic mass is 32.2. The van der Waals surface area contributed by atoms with Crippen LogP contribution in [0.25, 0.3) is 0 Å². The normalized spacial score (nSPS) is 20.7. The lowest BCUT2D eigenvalue weighted by atomic mass is 9.69. The number of ether oxygens (including phenoxy) is 3.